The molecule has 0 spiro atoms. The van der Waals surface area contributed by atoms with Crippen molar-refractivity contribution in [3.8, 4) is 0 Å². The molecule has 0 atom stereocenters. The molecule has 0 aliphatic rings. The van der Waals surface area contributed by atoms with E-state index in [2.05, 4.69) is 61.4 Å². The SMILES string of the molecule is CCN(CC)C(=S)SC=Cc1ccc(C)cc1. The van der Waals surface area contributed by atoms with Crippen molar-refractivity contribution in [2.75, 3.05) is 13.1 Å². The molecule has 1 nitrogen and oxygen atoms in total. The first-order valence-corrected chi connectivity index (χ1v) is 7.15. The molecular weight excluding hydrogens is 246 g/mol. The fourth-order valence-electron chi connectivity index (χ4n) is 1.40. The maximum Gasteiger partial charge on any atom is 0.140 e. The molecule has 3 heteroatoms. The quantitative estimate of drug-likeness (QED) is 0.746. The normalized spacial score (nSPS) is 10.8. The van der Waals surface area contributed by atoms with Crippen molar-refractivity contribution < 1.29 is 0 Å². The molecule has 17 heavy (non-hydrogen) atoms. The second kappa shape index (κ2) is 7.51. The summed E-state index contributed by atoms with van der Waals surface area (Å²) in [6.07, 6.45) is 2.10. The number of aryl methyl sites for hydroxylation is 1. The van der Waals surface area contributed by atoms with Crippen LogP contribution in [0.15, 0.2) is 29.7 Å². The number of rotatable bonds is 4. The standard InChI is InChI=1S/C14H19NS2/c1-4-15(5-2)14(16)17-11-10-13-8-6-12(3)7-9-13/h6-11H,4-5H2,1-3H3. The molecule has 92 valence electrons. The van der Waals surface area contributed by atoms with Crippen LogP contribution in [0.5, 0.6) is 0 Å². The average molecular weight is 265 g/mol. The zero-order chi connectivity index (χ0) is 12.7. The molecule has 0 fully saturated rings. The number of thioether (sulfide) groups is 1. The van der Waals surface area contributed by atoms with Crippen molar-refractivity contribution >= 4 is 34.4 Å². The molecule has 0 saturated carbocycles. The van der Waals surface area contributed by atoms with E-state index in [0.717, 1.165) is 17.4 Å². The molecule has 0 heterocycles. The second-order valence-corrected chi connectivity index (χ2v) is 5.31. The molecular formula is C14H19NS2. The highest BCUT2D eigenvalue weighted by atomic mass is 32.2. The minimum Gasteiger partial charge on any atom is -0.358 e. The van der Waals surface area contributed by atoms with Gasteiger partial charge in [0.2, 0.25) is 0 Å². The van der Waals surface area contributed by atoms with Crippen molar-refractivity contribution in [3.05, 3.63) is 40.8 Å². The fourth-order valence-corrected chi connectivity index (χ4v) is 2.58. The smallest absolute Gasteiger partial charge is 0.140 e. The van der Waals surface area contributed by atoms with Crippen molar-refractivity contribution in [2.45, 2.75) is 20.8 Å². The van der Waals surface area contributed by atoms with E-state index in [9.17, 15) is 0 Å². The zero-order valence-electron chi connectivity index (χ0n) is 10.6. The van der Waals surface area contributed by atoms with E-state index < -0.39 is 0 Å². The predicted octanol–water partition coefficient (Wildman–Crippen LogP) is 4.33. The molecule has 0 radical (unpaired) electrons. The van der Waals surface area contributed by atoms with E-state index >= 15 is 0 Å². The highest BCUT2D eigenvalue weighted by molar-refractivity contribution is 8.24. The molecule has 0 amide bonds. The molecule has 1 aromatic carbocycles. The Morgan fingerprint density at radius 1 is 1.24 bits per heavy atom. The molecule has 0 unspecified atom stereocenters. The third-order valence-corrected chi connectivity index (χ3v) is 3.81. The third kappa shape index (κ3) is 4.92. The molecule has 0 aliphatic heterocycles. The molecule has 0 bridgehead atoms. The van der Waals surface area contributed by atoms with Crippen molar-refractivity contribution in [3.63, 3.8) is 0 Å². The Balaban J connectivity index is 2.50. The summed E-state index contributed by atoms with van der Waals surface area (Å²) in [5.74, 6) is 0. The van der Waals surface area contributed by atoms with Crippen molar-refractivity contribution in [2.24, 2.45) is 0 Å². The summed E-state index contributed by atoms with van der Waals surface area (Å²) < 4.78 is 0.943. The van der Waals surface area contributed by atoms with Gasteiger partial charge in [0.15, 0.2) is 0 Å². The Labute approximate surface area is 114 Å². The van der Waals surface area contributed by atoms with Crippen molar-refractivity contribution in [1.82, 2.24) is 4.90 Å². The lowest BCUT2D eigenvalue weighted by Crippen LogP contribution is -2.26. The van der Waals surface area contributed by atoms with Gasteiger partial charge in [-0.15, -0.1) is 0 Å². The van der Waals surface area contributed by atoms with Crippen LogP contribution in [0.3, 0.4) is 0 Å². The molecule has 1 aromatic rings. The van der Waals surface area contributed by atoms with Gasteiger partial charge in [-0.3, -0.25) is 0 Å². The summed E-state index contributed by atoms with van der Waals surface area (Å²) in [7, 11) is 0. The van der Waals surface area contributed by atoms with Crippen LogP contribution in [0.2, 0.25) is 0 Å². The van der Waals surface area contributed by atoms with Crippen LogP contribution in [0.4, 0.5) is 0 Å². The van der Waals surface area contributed by atoms with Gasteiger partial charge in [0, 0.05) is 13.1 Å². The van der Waals surface area contributed by atoms with E-state index in [1.54, 1.807) is 11.8 Å². The zero-order valence-corrected chi connectivity index (χ0v) is 12.3. The van der Waals surface area contributed by atoms with Gasteiger partial charge in [-0.05, 0) is 37.8 Å². The lowest BCUT2D eigenvalue weighted by molar-refractivity contribution is 0.482. The van der Waals surface area contributed by atoms with Crippen LogP contribution in [0.25, 0.3) is 6.08 Å². The molecule has 0 saturated heterocycles. The van der Waals surface area contributed by atoms with Gasteiger partial charge in [-0.2, -0.15) is 0 Å². The van der Waals surface area contributed by atoms with Gasteiger partial charge in [0.05, 0.1) is 0 Å². The Kier molecular flexibility index (Phi) is 6.30. The maximum atomic E-state index is 5.35. The van der Waals surface area contributed by atoms with Gasteiger partial charge in [-0.1, -0.05) is 53.8 Å². The lowest BCUT2D eigenvalue weighted by atomic mass is 10.2. The minimum atomic E-state index is 0.943. The first kappa shape index (κ1) is 14.3. The van der Waals surface area contributed by atoms with Crippen LogP contribution >= 0.6 is 24.0 Å². The summed E-state index contributed by atoms with van der Waals surface area (Å²) in [4.78, 5) is 2.18. The van der Waals surface area contributed by atoms with E-state index in [1.807, 2.05) is 0 Å². The number of benzene rings is 1. The van der Waals surface area contributed by atoms with Crippen molar-refractivity contribution in [1.29, 1.82) is 0 Å². The Morgan fingerprint density at radius 2 is 1.82 bits per heavy atom. The third-order valence-electron chi connectivity index (χ3n) is 2.53. The molecule has 0 aromatic heterocycles. The van der Waals surface area contributed by atoms with Crippen LogP contribution in [0.1, 0.15) is 25.0 Å². The topological polar surface area (TPSA) is 3.24 Å². The molecule has 0 N–H and O–H groups in total. The van der Waals surface area contributed by atoms with E-state index in [0.29, 0.717) is 0 Å². The lowest BCUT2D eigenvalue weighted by Gasteiger charge is -2.19. The highest BCUT2D eigenvalue weighted by Gasteiger charge is 2.02. The predicted molar refractivity (Wildman–Crippen MR) is 83.3 cm³/mol. The first-order chi connectivity index (χ1) is 8.17. The molecule has 0 aliphatic carbocycles. The summed E-state index contributed by atoms with van der Waals surface area (Å²) in [6, 6.07) is 8.47. The summed E-state index contributed by atoms with van der Waals surface area (Å²) in [5, 5.41) is 2.06. The van der Waals surface area contributed by atoms with E-state index in [-0.39, 0.29) is 0 Å². The summed E-state index contributed by atoms with van der Waals surface area (Å²) in [6.45, 7) is 8.29. The summed E-state index contributed by atoms with van der Waals surface area (Å²) in [5.41, 5.74) is 2.50. The highest BCUT2D eigenvalue weighted by Crippen LogP contribution is 2.13. The van der Waals surface area contributed by atoms with Crippen LogP contribution in [-0.2, 0) is 0 Å². The monoisotopic (exact) mass is 265 g/mol. The average Bonchev–Trinajstić information content (AvgIpc) is 2.33. The number of hydrogen-bond acceptors (Lipinski definition) is 2. The minimum absolute atomic E-state index is 0.943. The van der Waals surface area contributed by atoms with Gasteiger partial charge < -0.3 is 4.90 Å². The van der Waals surface area contributed by atoms with Crippen LogP contribution in [-0.4, -0.2) is 22.3 Å². The Hall–Kier alpha value is -0.800. The van der Waals surface area contributed by atoms with Crippen LogP contribution < -0.4 is 0 Å². The number of nitrogens with zero attached hydrogens (tertiary/aromatic N) is 1. The first-order valence-electron chi connectivity index (χ1n) is 5.86. The largest absolute Gasteiger partial charge is 0.358 e. The van der Waals surface area contributed by atoms with E-state index in [4.69, 9.17) is 12.2 Å². The summed E-state index contributed by atoms with van der Waals surface area (Å²) >= 11 is 6.96. The second-order valence-electron chi connectivity index (χ2n) is 3.77. The van der Waals surface area contributed by atoms with Gasteiger partial charge >= 0.3 is 0 Å². The Morgan fingerprint density at radius 3 is 2.35 bits per heavy atom. The van der Waals surface area contributed by atoms with Gasteiger partial charge in [0.1, 0.15) is 4.32 Å². The van der Waals surface area contributed by atoms with Gasteiger partial charge in [-0.25, -0.2) is 0 Å². The van der Waals surface area contributed by atoms with Crippen LogP contribution in [0, 0.1) is 6.92 Å². The number of hydrogen-bond donors (Lipinski definition) is 0. The maximum absolute atomic E-state index is 5.35. The fraction of sp³-hybridized carbons (Fsp3) is 0.357. The molecule has 1 rings (SSSR count). The Bertz CT molecular complexity index is 378. The van der Waals surface area contributed by atoms with Gasteiger partial charge in [0.25, 0.3) is 0 Å². The number of thiocarbonyl (C=S) groups is 1. The van der Waals surface area contributed by atoms with E-state index in [1.165, 1.54) is 11.1 Å².